The predicted molar refractivity (Wildman–Crippen MR) is 151 cm³/mol. The van der Waals surface area contributed by atoms with E-state index in [1.165, 1.54) is 12.4 Å². The minimum Gasteiger partial charge on any atom is -0.480 e. The van der Waals surface area contributed by atoms with E-state index in [2.05, 4.69) is 15.7 Å². The highest BCUT2D eigenvalue weighted by Gasteiger charge is 2.30. The Bertz CT molecular complexity index is 1560. The highest BCUT2D eigenvalue weighted by atomic mass is 16.5. The minimum atomic E-state index is -1.34. The van der Waals surface area contributed by atoms with Gasteiger partial charge in [0.25, 0.3) is 0 Å². The van der Waals surface area contributed by atoms with Crippen molar-refractivity contribution in [2.24, 2.45) is 0 Å². The number of aromatic nitrogens is 2. The van der Waals surface area contributed by atoms with E-state index in [0.29, 0.717) is 0 Å². The normalized spacial score (nSPS) is 12.5. The molecule has 1 aromatic heterocycles. The zero-order valence-electron chi connectivity index (χ0n) is 22.4. The predicted octanol–water partition coefficient (Wildman–Crippen LogP) is 3.95. The number of ether oxygens (including phenoxy) is 2. The summed E-state index contributed by atoms with van der Waals surface area (Å²) in [6.07, 6.45) is 1.24. The molecule has 3 N–H and O–H groups in total. The number of esters is 1. The van der Waals surface area contributed by atoms with Crippen LogP contribution < -0.4 is 10.6 Å². The van der Waals surface area contributed by atoms with Crippen molar-refractivity contribution in [2.75, 3.05) is 11.9 Å². The van der Waals surface area contributed by atoms with Crippen LogP contribution in [-0.4, -0.2) is 51.5 Å². The van der Waals surface area contributed by atoms with Gasteiger partial charge in [0, 0.05) is 12.1 Å². The van der Waals surface area contributed by atoms with Crippen molar-refractivity contribution >= 4 is 29.6 Å². The number of rotatable bonds is 11. The molecule has 42 heavy (non-hydrogen) atoms. The number of anilines is 1. The molecule has 11 heteroatoms. The Kier molecular flexibility index (Phi) is 8.57. The molecule has 11 nitrogen and oxygen atoms in total. The van der Waals surface area contributed by atoms with Crippen LogP contribution in [0.5, 0.6) is 0 Å². The fourth-order valence-corrected chi connectivity index (χ4v) is 4.84. The van der Waals surface area contributed by atoms with Crippen LogP contribution in [0.2, 0.25) is 0 Å². The lowest BCUT2D eigenvalue weighted by Gasteiger charge is -2.19. The molecule has 1 aliphatic rings. The zero-order valence-corrected chi connectivity index (χ0v) is 22.4. The summed E-state index contributed by atoms with van der Waals surface area (Å²) < 4.78 is 12.0. The number of aliphatic carboxylic acids is 1. The Hall–Kier alpha value is -5.45. The molecule has 0 aliphatic heterocycles. The van der Waals surface area contributed by atoms with Crippen LogP contribution in [0.3, 0.4) is 0 Å². The highest BCUT2D eigenvalue weighted by Crippen LogP contribution is 2.44. The first kappa shape index (κ1) is 28.1. The number of nitrogens with zero attached hydrogens (tertiary/aromatic N) is 2. The Balaban J connectivity index is 1.25. The molecule has 1 heterocycles. The molecule has 0 fully saturated rings. The monoisotopic (exact) mass is 568 g/mol. The van der Waals surface area contributed by atoms with Gasteiger partial charge in [-0.3, -0.25) is 19.1 Å². The lowest BCUT2D eigenvalue weighted by atomic mass is 9.98. The molecule has 2 amide bonds. The molecule has 1 aliphatic carbocycles. The maximum atomic E-state index is 13.1. The van der Waals surface area contributed by atoms with Crippen LogP contribution >= 0.6 is 0 Å². The summed E-state index contributed by atoms with van der Waals surface area (Å²) in [6.45, 7) is -0.376. The summed E-state index contributed by atoms with van der Waals surface area (Å²) in [6, 6.07) is 23.5. The van der Waals surface area contributed by atoms with Crippen molar-refractivity contribution in [3.05, 3.63) is 108 Å². The molecule has 5 rings (SSSR count). The number of amides is 2. The number of alkyl carbamates (subject to hydrolysis) is 1. The third-order valence-electron chi connectivity index (χ3n) is 6.76. The number of fused-ring (bicyclic) bond motifs is 3. The number of carbonyl (C=O) groups excluding carboxylic acids is 3. The summed E-state index contributed by atoms with van der Waals surface area (Å²) in [5.41, 5.74) is 5.17. The molecule has 214 valence electrons. The Morgan fingerprint density at radius 2 is 1.52 bits per heavy atom. The van der Waals surface area contributed by atoms with E-state index in [-0.39, 0.29) is 24.8 Å². The van der Waals surface area contributed by atoms with Gasteiger partial charge in [0.1, 0.15) is 25.8 Å². The molecular weight excluding hydrogens is 540 g/mol. The average molecular weight is 569 g/mol. The van der Waals surface area contributed by atoms with E-state index >= 15 is 0 Å². The smallest absolute Gasteiger partial charge is 0.407 e. The van der Waals surface area contributed by atoms with E-state index in [1.54, 1.807) is 12.1 Å². The van der Waals surface area contributed by atoms with Gasteiger partial charge in [-0.1, -0.05) is 78.9 Å². The van der Waals surface area contributed by atoms with E-state index in [0.717, 1.165) is 32.5 Å². The van der Waals surface area contributed by atoms with Crippen molar-refractivity contribution in [1.82, 2.24) is 15.1 Å². The topological polar surface area (TPSA) is 149 Å². The summed E-state index contributed by atoms with van der Waals surface area (Å²) in [5.74, 6) is -2.73. The highest BCUT2D eigenvalue weighted by molar-refractivity contribution is 5.98. The largest absolute Gasteiger partial charge is 0.480 e. The van der Waals surface area contributed by atoms with Crippen molar-refractivity contribution in [3.8, 4) is 11.1 Å². The molecule has 0 bridgehead atoms. The third kappa shape index (κ3) is 6.81. The Morgan fingerprint density at radius 1 is 0.881 bits per heavy atom. The number of benzene rings is 3. The van der Waals surface area contributed by atoms with Gasteiger partial charge >= 0.3 is 18.0 Å². The third-order valence-corrected chi connectivity index (χ3v) is 6.76. The lowest BCUT2D eigenvalue weighted by molar-refractivity contribution is -0.146. The van der Waals surface area contributed by atoms with Gasteiger partial charge in [-0.25, -0.2) is 4.79 Å². The van der Waals surface area contributed by atoms with Crippen LogP contribution in [0, 0.1) is 0 Å². The molecule has 0 unspecified atom stereocenters. The molecule has 0 radical (unpaired) electrons. The number of nitrogens with one attached hydrogen (secondary N) is 2. The Morgan fingerprint density at radius 3 is 2.19 bits per heavy atom. The van der Waals surface area contributed by atoms with Gasteiger partial charge in [0.2, 0.25) is 5.91 Å². The van der Waals surface area contributed by atoms with Crippen molar-refractivity contribution in [1.29, 1.82) is 0 Å². The second-order valence-electron chi connectivity index (χ2n) is 9.68. The van der Waals surface area contributed by atoms with Crippen LogP contribution in [0.25, 0.3) is 11.1 Å². The summed E-state index contributed by atoms with van der Waals surface area (Å²) >= 11 is 0. The van der Waals surface area contributed by atoms with Crippen LogP contribution in [0.1, 0.15) is 29.0 Å². The fraction of sp³-hybridized carbons (Fsp3) is 0.194. The van der Waals surface area contributed by atoms with Crippen molar-refractivity contribution in [2.45, 2.75) is 31.5 Å². The average Bonchev–Trinajstić information content (AvgIpc) is 3.56. The SMILES string of the molecule is O=C(O)Cn1cc(NC(=O)[C@H](CC(=O)OCc2ccccc2)NC(=O)OCC2c3ccccc3-c3ccccc32)cn1. The van der Waals surface area contributed by atoms with Crippen LogP contribution in [0.15, 0.2) is 91.3 Å². The molecule has 3 aromatic carbocycles. The van der Waals surface area contributed by atoms with Gasteiger partial charge in [-0.05, 0) is 27.8 Å². The van der Waals surface area contributed by atoms with E-state index < -0.39 is 42.9 Å². The lowest BCUT2D eigenvalue weighted by Crippen LogP contribution is -2.45. The van der Waals surface area contributed by atoms with E-state index in [1.807, 2.05) is 66.7 Å². The second-order valence-corrected chi connectivity index (χ2v) is 9.68. The van der Waals surface area contributed by atoms with Gasteiger partial charge < -0.3 is 25.2 Å². The molecule has 0 spiro atoms. The van der Waals surface area contributed by atoms with Gasteiger partial charge in [0.15, 0.2) is 0 Å². The zero-order chi connectivity index (χ0) is 29.5. The number of carbonyl (C=O) groups is 4. The quantitative estimate of drug-likeness (QED) is 0.230. The number of hydrogen-bond donors (Lipinski definition) is 3. The number of carboxylic acid groups (broad SMARTS) is 1. The fourth-order valence-electron chi connectivity index (χ4n) is 4.84. The number of hydrogen-bond acceptors (Lipinski definition) is 7. The maximum Gasteiger partial charge on any atom is 0.407 e. The first-order valence-corrected chi connectivity index (χ1v) is 13.2. The second kappa shape index (κ2) is 12.8. The standard InChI is InChI=1S/C31H28N4O7/c36-28(37)17-35-16-21(15-32-35)33-30(39)27(14-29(38)41-18-20-8-2-1-3-9-20)34-31(40)42-19-26-24-12-6-4-10-22(24)23-11-5-7-13-25(23)26/h1-13,15-16,26-27H,14,17-19H2,(H,33,39)(H,34,40)(H,36,37)/t27-/m0/s1. The molecular formula is C31H28N4O7. The summed E-state index contributed by atoms with van der Waals surface area (Å²) in [4.78, 5) is 49.7. The van der Waals surface area contributed by atoms with Gasteiger partial charge in [-0.2, -0.15) is 5.10 Å². The van der Waals surface area contributed by atoms with Crippen molar-refractivity contribution in [3.63, 3.8) is 0 Å². The van der Waals surface area contributed by atoms with Crippen molar-refractivity contribution < 1.29 is 33.8 Å². The van der Waals surface area contributed by atoms with Crippen LogP contribution in [-0.2, 0) is 37.0 Å². The van der Waals surface area contributed by atoms with Crippen LogP contribution in [0.4, 0.5) is 10.5 Å². The number of carboxylic acids is 1. The summed E-state index contributed by atoms with van der Waals surface area (Å²) in [7, 11) is 0. The first-order chi connectivity index (χ1) is 20.4. The minimum absolute atomic E-state index is 0.000908. The maximum absolute atomic E-state index is 13.1. The molecule has 1 atom stereocenters. The first-order valence-electron chi connectivity index (χ1n) is 13.2. The Labute approximate surface area is 241 Å². The van der Waals surface area contributed by atoms with E-state index in [4.69, 9.17) is 14.6 Å². The van der Waals surface area contributed by atoms with Gasteiger partial charge in [0.05, 0.1) is 18.3 Å². The van der Waals surface area contributed by atoms with E-state index in [9.17, 15) is 19.2 Å². The molecule has 0 saturated carbocycles. The summed E-state index contributed by atoms with van der Waals surface area (Å²) in [5, 5.41) is 17.9. The molecule has 0 saturated heterocycles. The van der Waals surface area contributed by atoms with Gasteiger partial charge in [-0.15, -0.1) is 0 Å². The molecule has 4 aromatic rings.